The molecule has 0 bridgehead atoms. The van der Waals surface area contributed by atoms with E-state index in [0.717, 1.165) is 6.29 Å². The Balaban J connectivity index is 2.69. The number of hydrogen-bond donors (Lipinski definition) is 1. The molecule has 0 unspecified atom stereocenters. The lowest BCUT2D eigenvalue weighted by atomic mass is 10.2. The summed E-state index contributed by atoms with van der Waals surface area (Å²) in [5.41, 5.74) is 1.21. The van der Waals surface area contributed by atoms with Crippen LogP contribution in [0.15, 0.2) is 24.3 Å². The number of halogens is 1. The third-order valence-corrected chi connectivity index (χ3v) is 1.69. The van der Waals surface area contributed by atoms with E-state index in [0.29, 0.717) is 11.3 Å². The fourth-order valence-corrected chi connectivity index (χ4v) is 0.906. The highest BCUT2D eigenvalue weighted by molar-refractivity contribution is 6.29. The lowest BCUT2D eigenvalue weighted by molar-refractivity contribution is -0.113. The Labute approximate surface area is 80.7 Å². The van der Waals surface area contributed by atoms with E-state index < -0.39 is 0 Å². The zero-order valence-corrected chi connectivity index (χ0v) is 7.54. The molecule has 1 aromatic rings. The molecule has 0 atom stereocenters. The molecule has 0 aliphatic heterocycles. The van der Waals surface area contributed by atoms with Gasteiger partial charge in [0.05, 0.1) is 0 Å². The van der Waals surface area contributed by atoms with Gasteiger partial charge in [0.15, 0.2) is 0 Å². The molecule has 0 aliphatic rings. The molecule has 1 amide bonds. The minimum atomic E-state index is -0.263. The van der Waals surface area contributed by atoms with Crippen LogP contribution in [0.3, 0.4) is 0 Å². The van der Waals surface area contributed by atoms with E-state index in [1.165, 1.54) is 0 Å². The highest BCUT2D eigenvalue weighted by atomic mass is 35.5. The molecular formula is C9H8ClNO2. The molecule has 0 aromatic heterocycles. The van der Waals surface area contributed by atoms with Gasteiger partial charge in [-0.25, -0.2) is 0 Å². The quantitative estimate of drug-likeness (QED) is 0.592. The molecule has 0 radical (unpaired) electrons. The Morgan fingerprint density at radius 2 is 2.00 bits per heavy atom. The second kappa shape index (κ2) is 4.62. The largest absolute Gasteiger partial charge is 0.325 e. The van der Waals surface area contributed by atoms with Crippen molar-refractivity contribution in [3.8, 4) is 0 Å². The Morgan fingerprint density at radius 3 is 2.46 bits per heavy atom. The van der Waals surface area contributed by atoms with Gasteiger partial charge in [0.2, 0.25) is 5.91 Å². The van der Waals surface area contributed by atoms with Crippen molar-refractivity contribution in [1.82, 2.24) is 0 Å². The number of carbonyl (C=O) groups excluding carboxylic acids is 2. The Bertz CT molecular complexity index is 308. The van der Waals surface area contributed by atoms with Gasteiger partial charge < -0.3 is 5.32 Å². The standard InChI is InChI=1S/C9H8ClNO2/c10-5-9(13)11-8-3-1-7(6-12)2-4-8/h1-4,6H,5H2,(H,11,13). The minimum Gasteiger partial charge on any atom is -0.325 e. The number of benzene rings is 1. The maximum atomic E-state index is 10.8. The van der Waals surface area contributed by atoms with Gasteiger partial charge >= 0.3 is 0 Å². The second-order valence-corrected chi connectivity index (χ2v) is 2.69. The predicted octanol–water partition coefficient (Wildman–Crippen LogP) is 1.68. The molecule has 68 valence electrons. The zero-order chi connectivity index (χ0) is 9.68. The highest BCUT2D eigenvalue weighted by Crippen LogP contribution is 2.07. The maximum absolute atomic E-state index is 10.8. The molecule has 1 rings (SSSR count). The maximum Gasteiger partial charge on any atom is 0.239 e. The fourth-order valence-electron chi connectivity index (χ4n) is 0.839. The van der Waals surface area contributed by atoms with Crippen molar-refractivity contribution in [3.63, 3.8) is 0 Å². The summed E-state index contributed by atoms with van der Waals surface area (Å²) < 4.78 is 0. The molecule has 4 heteroatoms. The molecule has 13 heavy (non-hydrogen) atoms. The Hall–Kier alpha value is -1.35. The second-order valence-electron chi connectivity index (χ2n) is 2.42. The average molecular weight is 198 g/mol. The summed E-state index contributed by atoms with van der Waals surface area (Å²) in [4.78, 5) is 21.1. The van der Waals surface area contributed by atoms with Crippen molar-refractivity contribution in [2.45, 2.75) is 0 Å². The van der Waals surface area contributed by atoms with E-state index in [1.807, 2.05) is 0 Å². The van der Waals surface area contributed by atoms with Gasteiger partial charge in [0, 0.05) is 11.3 Å². The predicted molar refractivity (Wildman–Crippen MR) is 51.2 cm³/mol. The van der Waals surface area contributed by atoms with Crippen LogP contribution in [0.4, 0.5) is 5.69 Å². The molecule has 0 saturated heterocycles. The molecular weight excluding hydrogens is 190 g/mol. The molecule has 0 aliphatic carbocycles. The number of amides is 1. The summed E-state index contributed by atoms with van der Waals surface area (Å²) in [6.45, 7) is 0. The van der Waals surface area contributed by atoms with E-state index in [9.17, 15) is 9.59 Å². The topological polar surface area (TPSA) is 46.2 Å². The van der Waals surface area contributed by atoms with Crippen molar-refractivity contribution in [1.29, 1.82) is 0 Å². The van der Waals surface area contributed by atoms with Gasteiger partial charge in [0.1, 0.15) is 12.2 Å². The van der Waals surface area contributed by atoms with Crippen molar-refractivity contribution in [2.75, 3.05) is 11.2 Å². The smallest absolute Gasteiger partial charge is 0.239 e. The summed E-state index contributed by atoms with van der Waals surface area (Å²) >= 11 is 5.29. The van der Waals surface area contributed by atoms with Crippen LogP contribution in [0.25, 0.3) is 0 Å². The van der Waals surface area contributed by atoms with E-state index in [1.54, 1.807) is 24.3 Å². The third-order valence-electron chi connectivity index (χ3n) is 1.45. The number of carbonyl (C=O) groups is 2. The van der Waals surface area contributed by atoms with Crippen LogP contribution in [0.2, 0.25) is 0 Å². The van der Waals surface area contributed by atoms with Crippen molar-refractivity contribution < 1.29 is 9.59 Å². The molecule has 0 fully saturated rings. The number of alkyl halides is 1. The van der Waals surface area contributed by atoms with E-state index in [2.05, 4.69) is 5.32 Å². The fraction of sp³-hybridized carbons (Fsp3) is 0.111. The van der Waals surface area contributed by atoms with Gasteiger partial charge in [0.25, 0.3) is 0 Å². The van der Waals surface area contributed by atoms with Crippen LogP contribution >= 0.6 is 11.6 Å². The lowest BCUT2D eigenvalue weighted by Crippen LogP contribution is -2.12. The monoisotopic (exact) mass is 197 g/mol. The molecule has 0 saturated carbocycles. The normalized spacial score (nSPS) is 9.31. The Kier molecular flexibility index (Phi) is 3.46. The van der Waals surface area contributed by atoms with E-state index >= 15 is 0 Å². The zero-order valence-electron chi connectivity index (χ0n) is 6.79. The van der Waals surface area contributed by atoms with Crippen molar-refractivity contribution in [3.05, 3.63) is 29.8 Å². The van der Waals surface area contributed by atoms with Crippen LogP contribution < -0.4 is 5.32 Å². The van der Waals surface area contributed by atoms with Crippen LogP contribution in [-0.4, -0.2) is 18.1 Å². The number of aldehydes is 1. The summed E-state index contributed by atoms with van der Waals surface area (Å²) in [6, 6.07) is 6.54. The van der Waals surface area contributed by atoms with E-state index in [4.69, 9.17) is 11.6 Å². The molecule has 3 nitrogen and oxygen atoms in total. The first-order chi connectivity index (χ1) is 6.26. The molecule has 0 spiro atoms. The van der Waals surface area contributed by atoms with Crippen molar-refractivity contribution >= 4 is 29.5 Å². The molecule has 0 heterocycles. The van der Waals surface area contributed by atoms with Crippen LogP contribution in [0.5, 0.6) is 0 Å². The first-order valence-corrected chi connectivity index (χ1v) is 4.21. The third kappa shape index (κ3) is 2.87. The number of hydrogen-bond acceptors (Lipinski definition) is 2. The Morgan fingerprint density at radius 1 is 1.38 bits per heavy atom. The minimum absolute atomic E-state index is 0.0740. The van der Waals surface area contributed by atoms with E-state index in [-0.39, 0.29) is 11.8 Å². The van der Waals surface area contributed by atoms with Crippen LogP contribution in [0, 0.1) is 0 Å². The number of anilines is 1. The lowest BCUT2D eigenvalue weighted by Gasteiger charge is -2.01. The number of rotatable bonds is 3. The summed E-state index contributed by atoms with van der Waals surface area (Å²) in [6.07, 6.45) is 0.743. The first-order valence-electron chi connectivity index (χ1n) is 3.67. The van der Waals surface area contributed by atoms with Crippen LogP contribution in [0.1, 0.15) is 10.4 Å². The van der Waals surface area contributed by atoms with Gasteiger partial charge in [-0.15, -0.1) is 11.6 Å². The first kappa shape index (κ1) is 9.74. The van der Waals surface area contributed by atoms with Gasteiger partial charge in [-0.05, 0) is 24.3 Å². The van der Waals surface area contributed by atoms with Gasteiger partial charge in [-0.3, -0.25) is 9.59 Å². The summed E-state index contributed by atoms with van der Waals surface area (Å²) in [5.74, 6) is -0.337. The van der Waals surface area contributed by atoms with Crippen molar-refractivity contribution in [2.24, 2.45) is 0 Å². The summed E-state index contributed by atoms with van der Waals surface area (Å²) in [7, 11) is 0. The van der Waals surface area contributed by atoms with Gasteiger partial charge in [-0.1, -0.05) is 0 Å². The van der Waals surface area contributed by atoms with Crippen LogP contribution in [-0.2, 0) is 4.79 Å². The SMILES string of the molecule is O=Cc1ccc(NC(=O)CCl)cc1. The molecule has 1 N–H and O–H groups in total. The highest BCUT2D eigenvalue weighted by Gasteiger charge is 1.98. The average Bonchev–Trinajstić information content (AvgIpc) is 2.19. The number of nitrogens with one attached hydrogen (secondary N) is 1. The van der Waals surface area contributed by atoms with Gasteiger partial charge in [-0.2, -0.15) is 0 Å². The molecule has 1 aromatic carbocycles. The summed E-state index contributed by atoms with van der Waals surface area (Å²) in [5, 5.41) is 2.56.